The summed E-state index contributed by atoms with van der Waals surface area (Å²) < 4.78 is 4.97. The van der Waals surface area contributed by atoms with Crippen molar-refractivity contribution in [2.75, 3.05) is 6.61 Å². The van der Waals surface area contributed by atoms with Crippen LogP contribution in [0.3, 0.4) is 0 Å². The molecule has 0 saturated heterocycles. The Morgan fingerprint density at radius 2 is 2.36 bits per heavy atom. The minimum absolute atomic E-state index is 0.135. The molecule has 0 aliphatic carbocycles. The van der Waals surface area contributed by atoms with Gasteiger partial charge in [-0.2, -0.15) is 5.26 Å². The Balaban J connectivity index is 2.44. The maximum Gasteiger partial charge on any atom is 0.305 e. The molecule has 0 amide bonds. The van der Waals surface area contributed by atoms with E-state index in [4.69, 9.17) is 10.00 Å². The van der Waals surface area contributed by atoms with Crippen molar-refractivity contribution in [3.8, 4) is 6.07 Å². The van der Waals surface area contributed by atoms with Crippen LogP contribution >= 0.6 is 0 Å². The van der Waals surface area contributed by atoms with E-state index in [1.54, 1.807) is 6.20 Å². The van der Waals surface area contributed by atoms with Crippen molar-refractivity contribution in [2.24, 2.45) is 5.92 Å². The second-order valence-electron chi connectivity index (χ2n) is 5.18. The molecule has 0 aliphatic heterocycles. The normalized spacial score (nSPS) is 12.0. The van der Waals surface area contributed by atoms with Crippen LogP contribution in [0.25, 0.3) is 6.08 Å². The number of nitriles is 1. The molecule has 1 heterocycles. The highest BCUT2D eigenvalue weighted by Gasteiger charge is 2.10. The predicted molar refractivity (Wildman–Crippen MR) is 86.7 cm³/mol. The lowest BCUT2D eigenvalue weighted by Gasteiger charge is -2.13. The number of hydrogen-bond acceptors (Lipinski definition) is 4. The van der Waals surface area contributed by atoms with E-state index < -0.39 is 0 Å². The minimum atomic E-state index is -0.135. The number of hydrogen-bond donors (Lipinski definition) is 0. The van der Waals surface area contributed by atoms with E-state index >= 15 is 0 Å². The van der Waals surface area contributed by atoms with E-state index in [-0.39, 0.29) is 5.97 Å². The van der Waals surface area contributed by atoms with Crippen LogP contribution in [0.4, 0.5) is 0 Å². The van der Waals surface area contributed by atoms with Gasteiger partial charge in [0.25, 0.3) is 0 Å². The van der Waals surface area contributed by atoms with E-state index in [2.05, 4.69) is 23.2 Å². The van der Waals surface area contributed by atoms with Gasteiger partial charge in [-0.1, -0.05) is 18.2 Å². The van der Waals surface area contributed by atoms with Crippen LogP contribution in [-0.4, -0.2) is 17.6 Å². The average Bonchev–Trinajstić information content (AvgIpc) is 2.53. The number of allylic oxidation sites excluding steroid dienone is 1. The molecular weight excluding hydrogens is 276 g/mol. The zero-order valence-corrected chi connectivity index (χ0v) is 13.2. The van der Waals surface area contributed by atoms with Gasteiger partial charge in [0.2, 0.25) is 0 Å². The van der Waals surface area contributed by atoms with Crippen LogP contribution in [-0.2, 0) is 9.53 Å². The van der Waals surface area contributed by atoms with Crippen molar-refractivity contribution in [3.05, 3.63) is 36.2 Å². The highest BCUT2D eigenvalue weighted by molar-refractivity contribution is 5.69. The number of unbranched alkanes of at least 4 members (excludes halogenated alkanes) is 1. The molecule has 1 rings (SSSR count). The van der Waals surface area contributed by atoms with Gasteiger partial charge in [-0.25, -0.2) is 0 Å². The van der Waals surface area contributed by atoms with Crippen molar-refractivity contribution in [1.82, 2.24) is 4.98 Å². The fourth-order valence-electron chi connectivity index (χ4n) is 2.28. The van der Waals surface area contributed by atoms with Crippen LogP contribution in [0.15, 0.2) is 30.6 Å². The standard InChI is InChI=1S/C18H24N2O2/c1-2-22-18(21)12-11-16(7-3-4-13-19)8-5-9-17-10-6-14-20-15-17/h5-6,9-10,14-16H,2-4,7-8,11-12H2,1H3. The van der Waals surface area contributed by atoms with Gasteiger partial charge in [0.15, 0.2) is 0 Å². The highest BCUT2D eigenvalue weighted by atomic mass is 16.5. The number of carbonyl (C=O) groups is 1. The molecule has 1 unspecified atom stereocenters. The number of rotatable bonds is 10. The molecule has 1 aromatic rings. The third-order valence-corrected chi connectivity index (χ3v) is 3.43. The van der Waals surface area contributed by atoms with Gasteiger partial charge in [0.05, 0.1) is 12.7 Å². The molecule has 0 aliphatic rings. The number of pyridine rings is 1. The van der Waals surface area contributed by atoms with Crippen molar-refractivity contribution in [3.63, 3.8) is 0 Å². The Hall–Kier alpha value is -2.15. The molecule has 4 heteroatoms. The Kier molecular flexibility index (Phi) is 9.36. The van der Waals surface area contributed by atoms with Gasteiger partial charge in [0, 0.05) is 25.2 Å². The fourth-order valence-corrected chi connectivity index (χ4v) is 2.28. The largest absolute Gasteiger partial charge is 0.466 e. The van der Waals surface area contributed by atoms with Crippen LogP contribution in [0.5, 0.6) is 0 Å². The van der Waals surface area contributed by atoms with Crippen molar-refractivity contribution < 1.29 is 9.53 Å². The van der Waals surface area contributed by atoms with E-state index in [9.17, 15) is 4.79 Å². The first-order valence-corrected chi connectivity index (χ1v) is 7.85. The predicted octanol–water partition coefficient (Wildman–Crippen LogP) is 4.14. The smallest absolute Gasteiger partial charge is 0.305 e. The molecule has 118 valence electrons. The molecule has 22 heavy (non-hydrogen) atoms. The Bertz CT molecular complexity index is 492. The van der Waals surface area contributed by atoms with E-state index in [0.717, 1.165) is 31.2 Å². The molecule has 0 saturated carbocycles. The maximum absolute atomic E-state index is 11.5. The lowest BCUT2D eigenvalue weighted by Crippen LogP contribution is -2.08. The summed E-state index contributed by atoms with van der Waals surface area (Å²) in [5, 5.41) is 8.65. The maximum atomic E-state index is 11.5. The summed E-state index contributed by atoms with van der Waals surface area (Å²) in [6.07, 6.45) is 12.3. The minimum Gasteiger partial charge on any atom is -0.466 e. The second-order valence-corrected chi connectivity index (χ2v) is 5.18. The topological polar surface area (TPSA) is 63.0 Å². The molecule has 0 bridgehead atoms. The molecule has 0 radical (unpaired) electrons. The van der Waals surface area contributed by atoms with Crippen LogP contribution in [0.1, 0.15) is 51.0 Å². The molecule has 4 nitrogen and oxygen atoms in total. The summed E-state index contributed by atoms with van der Waals surface area (Å²) >= 11 is 0. The zero-order valence-electron chi connectivity index (χ0n) is 13.2. The first kappa shape index (κ1) is 17.9. The van der Waals surface area contributed by atoms with Gasteiger partial charge in [-0.05, 0) is 50.2 Å². The number of esters is 1. The Morgan fingerprint density at radius 3 is 3.05 bits per heavy atom. The molecule has 1 aromatic heterocycles. The summed E-state index contributed by atoms with van der Waals surface area (Å²) in [6.45, 7) is 2.25. The lowest BCUT2D eigenvalue weighted by atomic mass is 9.93. The average molecular weight is 300 g/mol. The number of carbonyl (C=O) groups excluding carboxylic acids is 1. The fraction of sp³-hybridized carbons (Fsp3) is 0.500. The lowest BCUT2D eigenvalue weighted by molar-refractivity contribution is -0.143. The Morgan fingerprint density at radius 1 is 1.50 bits per heavy atom. The van der Waals surface area contributed by atoms with E-state index in [1.807, 2.05) is 25.3 Å². The number of aromatic nitrogens is 1. The van der Waals surface area contributed by atoms with Crippen LogP contribution in [0.2, 0.25) is 0 Å². The summed E-state index contributed by atoms with van der Waals surface area (Å²) in [5.41, 5.74) is 1.07. The first-order valence-electron chi connectivity index (χ1n) is 7.85. The molecule has 0 spiro atoms. The summed E-state index contributed by atoms with van der Waals surface area (Å²) in [6, 6.07) is 6.09. The summed E-state index contributed by atoms with van der Waals surface area (Å²) in [5.74, 6) is 0.273. The summed E-state index contributed by atoms with van der Waals surface area (Å²) in [7, 11) is 0. The highest BCUT2D eigenvalue weighted by Crippen LogP contribution is 2.20. The summed E-state index contributed by atoms with van der Waals surface area (Å²) in [4.78, 5) is 15.5. The molecule has 0 N–H and O–H groups in total. The quantitative estimate of drug-likeness (QED) is 0.481. The Labute approximate surface area is 132 Å². The SMILES string of the molecule is CCOC(=O)CCC(CC=Cc1cccnc1)CCCC#N. The monoisotopic (exact) mass is 300 g/mol. The molecule has 1 atom stereocenters. The second kappa shape index (κ2) is 11.5. The number of ether oxygens (including phenoxy) is 1. The molecule has 0 fully saturated rings. The van der Waals surface area contributed by atoms with E-state index in [1.165, 1.54) is 0 Å². The van der Waals surface area contributed by atoms with Gasteiger partial charge in [0.1, 0.15) is 0 Å². The van der Waals surface area contributed by atoms with Crippen molar-refractivity contribution in [2.45, 2.75) is 45.4 Å². The first-order chi connectivity index (χ1) is 10.8. The third-order valence-electron chi connectivity index (χ3n) is 3.43. The van der Waals surface area contributed by atoms with Crippen LogP contribution < -0.4 is 0 Å². The van der Waals surface area contributed by atoms with Crippen LogP contribution in [0, 0.1) is 17.2 Å². The van der Waals surface area contributed by atoms with E-state index in [0.29, 0.717) is 25.4 Å². The van der Waals surface area contributed by atoms with Crippen molar-refractivity contribution >= 4 is 12.0 Å². The zero-order chi connectivity index (χ0) is 16.0. The van der Waals surface area contributed by atoms with Gasteiger partial charge in [-0.3, -0.25) is 9.78 Å². The third kappa shape index (κ3) is 8.21. The van der Waals surface area contributed by atoms with Gasteiger partial charge >= 0.3 is 5.97 Å². The molecular formula is C18H24N2O2. The van der Waals surface area contributed by atoms with Gasteiger partial charge < -0.3 is 4.74 Å². The molecule has 0 aromatic carbocycles. The van der Waals surface area contributed by atoms with Crippen molar-refractivity contribution in [1.29, 1.82) is 5.26 Å². The number of nitrogens with zero attached hydrogens (tertiary/aromatic N) is 2. The van der Waals surface area contributed by atoms with Gasteiger partial charge in [-0.15, -0.1) is 0 Å².